The van der Waals surface area contributed by atoms with E-state index in [9.17, 15) is 9.59 Å². The van der Waals surface area contributed by atoms with Crippen molar-refractivity contribution in [2.75, 3.05) is 5.32 Å². The number of aromatic nitrogens is 2. The number of hydrogen-bond donors (Lipinski definition) is 1. The standard InChI is InChI=1S/C17H16BrN3O3/c1-10(22)20-12-7-11(18)9-21(16(12)23)13-8-17(2,3)24-14-5-4-6-19-15(13)14/h4-9H,1-3H3,(H,20,22). The molecule has 0 bridgehead atoms. The maximum absolute atomic E-state index is 12.8. The van der Waals surface area contributed by atoms with Gasteiger partial charge < -0.3 is 10.1 Å². The van der Waals surface area contributed by atoms with Gasteiger partial charge in [-0.1, -0.05) is 0 Å². The zero-order valence-electron chi connectivity index (χ0n) is 13.5. The van der Waals surface area contributed by atoms with Gasteiger partial charge in [0.15, 0.2) is 0 Å². The Hall–Kier alpha value is -2.41. The van der Waals surface area contributed by atoms with Gasteiger partial charge in [0.2, 0.25) is 5.91 Å². The molecule has 24 heavy (non-hydrogen) atoms. The lowest BCUT2D eigenvalue weighted by Gasteiger charge is -2.30. The van der Waals surface area contributed by atoms with Gasteiger partial charge in [0.1, 0.15) is 22.7 Å². The molecular formula is C17H16BrN3O3. The second-order valence-corrected chi connectivity index (χ2v) is 6.93. The van der Waals surface area contributed by atoms with Crippen molar-refractivity contribution in [2.45, 2.75) is 26.4 Å². The van der Waals surface area contributed by atoms with E-state index in [4.69, 9.17) is 4.74 Å². The molecule has 0 saturated carbocycles. The van der Waals surface area contributed by atoms with Crippen LogP contribution in [0, 0.1) is 0 Å². The average molecular weight is 390 g/mol. The molecule has 0 aromatic carbocycles. The minimum Gasteiger partial charge on any atom is -0.481 e. The van der Waals surface area contributed by atoms with Gasteiger partial charge in [-0.15, -0.1) is 0 Å². The number of carbonyl (C=O) groups excluding carboxylic acids is 1. The summed E-state index contributed by atoms with van der Waals surface area (Å²) < 4.78 is 8.02. The second-order valence-electron chi connectivity index (χ2n) is 6.01. The Morgan fingerprint density at radius 1 is 1.42 bits per heavy atom. The number of fused-ring (bicyclic) bond motifs is 1. The smallest absolute Gasteiger partial charge is 0.278 e. The number of nitrogens with one attached hydrogen (secondary N) is 1. The molecule has 6 nitrogen and oxygen atoms in total. The normalized spacial score (nSPS) is 15.1. The SMILES string of the molecule is CC(=O)Nc1cc(Br)cn(C2=CC(C)(C)Oc3cccnc32)c1=O. The largest absolute Gasteiger partial charge is 0.481 e. The van der Waals surface area contributed by atoms with E-state index in [1.165, 1.54) is 11.5 Å². The zero-order chi connectivity index (χ0) is 17.5. The molecule has 0 atom stereocenters. The molecular weight excluding hydrogens is 374 g/mol. The Morgan fingerprint density at radius 2 is 2.17 bits per heavy atom. The summed E-state index contributed by atoms with van der Waals surface area (Å²) in [7, 11) is 0. The first-order chi connectivity index (χ1) is 11.3. The summed E-state index contributed by atoms with van der Waals surface area (Å²) in [5, 5.41) is 2.56. The van der Waals surface area contributed by atoms with Gasteiger partial charge in [-0.25, -0.2) is 0 Å². The second kappa shape index (κ2) is 5.90. The van der Waals surface area contributed by atoms with Crippen molar-refractivity contribution in [3.63, 3.8) is 0 Å². The highest BCUT2D eigenvalue weighted by Gasteiger charge is 2.29. The molecule has 1 N–H and O–H groups in total. The molecule has 1 amide bonds. The van der Waals surface area contributed by atoms with Crippen LogP contribution in [0.5, 0.6) is 5.75 Å². The molecule has 2 aromatic heterocycles. The molecule has 0 aliphatic carbocycles. The summed E-state index contributed by atoms with van der Waals surface area (Å²) in [6.45, 7) is 5.17. The van der Waals surface area contributed by atoms with Crippen molar-refractivity contribution < 1.29 is 9.53 Å². The van der Waals surface area contributed by atoms with Gasteiger partial charge in [0, 0.05) is 23.8 Å². The number of amides is 1. The number of ether oxygens (including phenoxy) is 1. The lowest BCUT2D eigenvalue weighted by molar-refractivity contribution is -0.114. The van der Waals surface area contributed by atoms with Gasteiger partial charge >= 0.3 is 0 Å². The van der Waals surface area contributed by atoms with Crippen LogP contribution in [0.4, 0.5) is 5.69 Å². The third-order valence-corrected chi connectivity index (χ3v) is 3.86. The van der Waals surface area contributed by atoms with Crippen LogP contribution in [0.15, 0.2) is 45.9 Å². The maximum Gasteiger partial charge on any atom is 0.278 e. The lowest BCUT2D eigenvalue weighted by Crippen LogP contribution is -2.33. The fourth-order valence-corrected chi connectivity index (χ4v) is 3.00. The molecule has 0 spiro atoms. The van der Waals surface area contributed by atoms with Crippen LogP contribution < -0.4 is 15.6 Å². The molecule has 1 aliphatic heterocycles. The summed E-state index contributed by atoms with van der Waals surface area (Å²) in [5.74, 6) is 0.296. The summed E-state index contributed by atoms with van der Waals surface area (Å²) >= 11 is 3.38. The summed E-state index contributed by atoms with van der Waals surface area (Å²) in [5.41, 5.74) is 0.445. The highest BCUT2D eigenvalue weighted by atomic mass is 79.9. The molecule has 0 fully saturated rings. The molecule has 124 valence electrons. The number of anilines is 1. The molecule has 7 heteroatoms. The first kappa shape index (κ1) is 16.4. The zero-order valence-corrected chi connectivity index (χ0v) is 15.0. The minimum absolute atomic E-state index is 0.194. The molecule has 0 radical (unpaired) electrons. The minimum atomic E-state index is -0.596. The number of halogens is 1. The van der Waals surface area contributed by atoms with Crippen molar-refractivity contribution in [1.29, 1.82) is 0 Å². The number of carbonyl (C=O) groups is 1. The van der Waals surface area contributed by atoms with E-state index in [1.54, 1.807) is 24.5 Å². The number of nitrogens with zero attached hydrogens (tertiary/aromatic N) is 2. The van der Waals surface area contributed by atoms with Crippen molar-refractivity contribution in [2.24, 2.45) is 0 Å². The Balaban J connectivity index is 2.24. The van der Waals surface area contributed by atoms with Crippen LogP contribution in [0.1, 0.15) is 26.5 Å². The first-order valence-electron chi connectivity index (χ1n) is 7.34. The predicted molar refractivity (Wildman–Crippen MR) is 95.0 cm³/mol. The van der Waals surface area contributed by atoms with Crippen molar-refractivity contribution in [3.8, 4) is 5.75 Å². The van der Waals surface area contributed by atoms with E-state index in [0.717, 1.165) is 0 Å². The fourth-order valence-electron chi connectivity index (χ4n) is 2.57. The molecule has 3 rings (SSSR count). The highest BCUT2D eigenvalue weighted by molar-refractivity contribution is 9.10. The predicted octanol–water partition coefficient (Wildman–Crippen LogP) is 3.02. The van der Waals surface area contributed by atoms with Crippen LogP contribution >= 0.6 is 15.9 Å². The van der Waals surface area contributed by atoms with Crippen LogP contribution in [0.2, 0.25) is 0 Å². The topological polar surface area (TPSA) is 73.2 Å². The fraction of sp³-hybridized carbons (Fsp3) is 0.235. The Labute approximate surface area is 147 Å². The molecule has 3 heterocycles. The third kappa shape index (κ3) is 3.12. The van der Waals surface area contributed by atoms with E-state index >= 15 is 0 Å². The monoisotopic (exact) mass is 389 g/mol. The van der Waals surface area contributed by atoms with E-state index in [1.807, 2.05) is 26.0 Å². The van der Waals surface area contributed by atoms with E-state index in [2.05, 4.69) is 26.2 Å². The lowest BCUT2D eigenvalue weighted by atomic mass is 10.0. The molecule has 0 saturated heterocycles. The third-order valence-electron chi connectivity index (χ3n) is 3.42. The number of hydrogen-bond acceptors (Lipinski definition) is 4. The Kier molecular flexibility index (Phi) is 4.04. The van der Waals surface area contributed by atoms with Gasteiger partial charge in [-0.05, 0) is 54.1 Å². The van der Waals surface area contributed by atoms with Gasteiger partial charge in [-0.2, -0.15) is 0 Å². The van der Waals surface area contributed by atoms with E-state index < -0.39 is 5.60 Å². The summed E-state index contributed by atoms with van der Waals surface area (Å²) in [6, 6.07) is 5.17. The van der Waals surface area contributed by atoms with Gasteiger partial charge in [0.05, 0.1) is 5.70 Å². The van der Waals surface area contributed by atoms with Crippen molar-refractivity contribution >= 4 is 33.2 Å². The highest BCUT2D eigenvalue weighted by Crippen LogP contribution is 2.35. The van der Waals surface area contributed by atoms with Gasteiger partial charge in [0.25, 0.3) is 5.56 Å². The molecule has 0 unspecified atom stereocenters. The number of rotatable bonds is 2. The van der Waals surface area contributed by atoms with Crippen LogP contribution in [-0.4, -0.2) is 21.1 Å². The Bertz CT molecular complexity index is 916. The van der Waals surface area contributed by atoms with E-state index in [-0.39, 0.29) is 17.2 Å². The van der Waals surface area contributed by atoms with Crippen molar-refractivity contribution in [1.82, 2.24) is 9.55 Å². The summed E-state index contributed by atoms with van der Waals surface area (Å²) in [6.07, 6.45) is 5.14. The van der Waals surface area contributed by atoms with Gasteiger partial charge in [-0.3, -0.25) is 19.1 Å². The summed E-state index contributed by atoms with van der Waals surface area (Å²) in [4.78, 5) is 28.5. The van der Waals surface area contributed by atoms with E-state index in [0.29, 0.717) is 21.6 Å². The maximum atomic E-state index is 12.8. The van der Waals surface area contributed by atoms with Crippen molar-refractivity contribution in [3.05, 3.63) is 57.2 Å². The van der Waals surface area contributed by atoms with Crippen LogP contribution in [0.3, 0.4) is 0 Å². The van der Waals surface area contributed by atoms with Crippen LogP contribution in [-0.2, 0) is 4.79 Å². The quantitative estimate of drug-likeness (QED) is 0.856. The molecule has 2 aromatic rings. The van der Waals surface area contributed by atoms with Crippen LogP contribution in [0.25, 0.3) is 5.70 Å². The number of pyridine rings is 2. The Morgan fingerprint density at radius 3 is 2.88 bits per heavy atom. The molecule has 1 aliphatic rings. The average Bonchev–Trinajstić information content (AvgIpc) is 2.48. The first-order valence-corrected chi connectivity index (χ1v) is 8.13.